The number of aromatic nitrogens is 2. The Hall–Kier alpha value is -1.84. The van der Waals surface area contributed by atoms with E-state index in [0.29, 0.717) is 18.9 Å². The van der Waals surface area contributed by atoms with E-state index in [2.05, 4.69) is 24.1 Å². The summed E-state index contributed by atoms with van der Waals surface area (Å²) >= 11 is 0. The number of hydrogen-bond donors (Lipinski definition) is 1. The van der Waals surface area contributed by atoms with Crippen molar-refractivity contribution in [2.75, 3.05) is 0 Å². The normalized spacial score (nSPS) is 11.2. The van der Waals surface area contributed by atoms with Crippen molar-refractivity contribution < 1.29 is 4.79 Å². The highest BCUT2D eigenvalue weighted by molar-refractivity contribution is 5.77. The molecule has 2 rings (SSSR count). The number of carbonyl (C=O) groups excluding carboxylic acids is 1. The van der Waals surface area contributed by atoms with Crippen LogP contribution < -0.4 is 5.32 Å². The molecule has 1 heterocycles. The van der Waals surface area contributed by atoms with Gasteiger partial charge < -0.3 is 9.88 Å². The molecule has 4 nitrogen and oxygen atoms in total. The predicted octanol–water partition coefficient (Wildman–Crippen LogP) is 2.63. The number of imidazole rings is 1. The number of carbonyl (C=O) groups is 1. The third-order valence-corrected chi connectivity index (χ3v) is 3.27. The SMILES string of the molecule is CC(C)CCC(=O)NCc1nc2ccccc2n1C. The van der Waals surface area contributed by atoms with Crippen LogP contribution in [0.5, 0.6) is 0 Å². The Morgan fingerprint density at radius 3 is 2.79 bits per heavy atom. The Balaban J connectivity index is 1.98. The molecule has 4 heteroatoms. The lowest BCUT2D eigenvalue weighted by atomic mass is 10.1. The van der Waals surface area contributed by atoms with Crippen molar-refractivity contribution >= 4 is 16.9 Å². The third kappa shape index (κ3) is 3.34. The maximum absolute atomic E-state index is 11.7. The van der Waals surface area contributed by atoms with Crippen LogP contribution in [0.25, 0.3) is 11.0 Å². The van der Waals surface area contributed by atoms with E-state index in [-0.39, 0.29) is 5.91 Å². The first kappa shape index (κ1) is 13.6. The molecule has 19 heavy (non-hydrogen) atoms. The lowest BCUT2D eigenvalue weighted by molar-refractivity contribution is -0.121. The second-order valence-corrected chi connectivity index (χ2v) is 5.29. The number of para-hydroxylation sites is 2. The zero-order valence-corrected chi connectivity index (χ0v) is 11.8. The maximum Gasteiger partial charge on any atom is 0.220 e. The second-order valence-electron chi connectivity index (χ2n) is 5.29. The number of fused-ring (bicyclic) bond motifs is 1. The molecule has 1 amide bonds. The van der Waals surface area contributed by atoms with E-state index in [1.54, 1.807) is 0 Å². The Morgan fingerprint density at radius 1 is 1.37 bits per heavy atom. The van der Waals surface area contributed by atoms with E-state index in [9.17, 15) is 4.79 Å². The molecule has 0 saturated heterocycles. The average Bonchev–Trinajstić information content (AvgIpc) is 2.71. The third-order valence-electron chi connectivity index (χ3n) is 3.27. The standard InChI is InChI=1S/C15H21N3O/c1-11(2)8-9-15(19)16-10-14-17-12-6-4-5-7-13(12)18(14)3/h4-7,11H,8-10H2,1-3H3,(H,16,19). The van der Waals surface area contributed by atoms with Gasteiger partial charge in [-0.05, 0) is 24.5 Å². The monoisotopic (exact) mass is 259 g/mol. The first-order valence-corrected chi connectivity index (χ1v) is 6.75. The number of nitrogens with zero attached hydrogens (tertiary/aromatic N) is 2. The van der Waals surface area contributed by atoms with Crippen LogP contribution in [0, 0.1) is 5.92 Å². The van der Waals surface area contributed by atoms with Gasteiger partial charge in [0.15, 0.2) is 0 Å². The number of amides is 1. The highest BCUT2D eigenvalue weighted by Crippen LogP contribution is 2.14. The first-order chi connectivity index (χ1) is 9.08. The highest BCUT2D eigenvalue weighted by atomic mass is 16.1. The molecule has 1 aromatic heterocycles. The van der Waals surface area contributed by atoms with Gasteiger partial charge in [-0.1, -0.05) is 26.0 Å². The molecule has 1 aromatic carbocycles. The zero-order valence-electron chi connectivity index (χ0n) is 11.8. The smallest absolute Gasteiger partial charge is 0.220 e. The second kappa shape index (κ2) is 5.87. The van der Waals surface area contributed by atoms with E-state index in [1.165, 1.54) is 0 Å². The Bertz CT molecular complexity index is 572. The summed E-state index contributed by atoms with van der Waals surface area (Å²) in [4.78, 5) is 16.2. The molecule has 0 fully saturated rings. The molecule has 0 aliphatic heterocycles. The number of rotatable bonds is 5. The van der Waals surface area contributed by atoms with Crippen LogP contribution in [0.3, 0.4) is 0 Å². The van der Waals surface area contributed by atoms with Crippen molar-refractivity contribution in [1.82, 2.24) is 14.9 Å². The van der Waals surface area contributed by atoms with E-state index in [0.717, 1.165) is 23.3 Å². The molecule has 1 N–H and O–H groups in total. The maximum atomic E-state index is 11.7. The van der Waals surface area contributed by atoms with Crippen molar-refractivity contribution in [2.45, 2.75) is 33.2 Å². The average molecular weight is 259 g/mol. The molecule has 0 aliphatic rings. The lowest BCUT2D eigenvalue weighted by Gasteiger charge is -2.07. The summed E-state index contributed by atoms with van der Waals surface area (Å²) in [5.74, 6) is 1.54. The quantitative estimate of drug-likeness (QED) is 0.897. The minimum atomic E-state index is 0.0979. The van der Waals surface area contributed by atoms with Crippen LogP contribution >= 0.6 is 0 Å². The van der Waals surface area contributed by atoms with Crippen LogP contribution in [0.2, 0.25) is 0 Å². The zero-order chi connectivity index (χ0) is 13.8. The minimum absolute atomic E-state index is 0.0979. The van der Waals surface area contributed by atoms with Crippen LogP contribution in [0.4, 0.5) is 0 Å². The number of benzene rings is 1. The molecule has 0 unspecified atom stereocenters. The molecule has 0 bridgehead atoms. The first-order valence-electron chi connectivity index (χ1n) is 6.75. The molecule has 0 spiro atoms. The number of aryl methyl sites for hydroxylation is 1. The molecule has 102 valence electrons. The van der Waals surface area contributed by atoms with Gasteiger partial charge in [-0.3, -0.25) is 4.79 Å². The van der Waals surface area contributed by atoms with Crippen molar-refractivity contribution in [1.29, 1.82) is 0 Å². The molecule has 0 aliphatic carbocycles. The Labute approximate surface area is 113 Å². The fourth-order valence-electron chi connectivity index (χ4n) is 2.04. The molecule has 0 radical (unpaired) electrons. The van der Waals surface area contributed by atoms with Gasteiger partial charge in [0.1, 0.15) is 5.82 Å². The lowest BCUT2D eigenvalue weighted by Crippen LogP contribution is -2.24. The van der Waals surface area contributed by atoms with E-state index in [1.807, 2.05) is 35.9 Å². The summed E-state index contributed by atoms with van der Waals surface area (Å²) in [6, 6.07) is 7.99. The Morgan fingerprint density at radius 2 is 2.11 bits per heavy atom. The van der Waals surface area contributed by atoms with E-state index in [4.69, 9.17) is 0 Å². The van der Waals surface area contributed by atoms with Crippen molar-refractivity contribution in [3.8, 4) is 0 Å². The summed E-state index contributed by atoms with van der Waals surface area (Å²) in [5, 5.41) is 2.93. The largest absolute Gasteiger partial charge is 0.349 e. The van der Waals surface area contributed by atoms with Gasteiger partial charge in [-0.2, -0.15) is 0 Å². The molecular formula is C15H21N3O. The predicted molar refractivity (Wildman–Crippen MR) is 76.6 cm³/mol. The number of hydrogen-bond acceptors (Lipinski definition) is 2. The van der Waals surface area contributed by atoms with Crippen molar-refractivity contribution in [2.24, 2.45) is 13.0 Å². The van der Waals surface area contributed by atoms with Gasteiger partial charge in [-0.15, -0.1) is 0 Å². The van der Waals surface area contributed by atoms with E-state index >= 15 is 0 Å². The van der Waals surface area contributed by atoms with Gasteiger partial charge in [0.25, 0.3) is 0 Å². The summed E-state index contributed by atoms with van der Waals surface area (Å²) in [6.45, 7) is 4.74. The summed E-state index contributed by atoms with van der Waals surface area (Å²) in [6.07, 6.45) is 1.51. The minimum Gasteiger partial charge on any atom is -0.349 e. The van der Waals surface area contributed by atoms with E-state index < -0.39 is 0 Å². The molecule has 0 saturated carbocycles. The van der Waals surface area contributed by atoms with Gasteiger partial charge >= 0.3 is 0 Å². The summed E-state index contributed by atoms with van der Waals surface area (Å²) in [5.41, 5.74) is 2.06. The molecule has 2 aromatic rings. The molecular weight excluding hydrogens is 238 g/mol. The van der Waals surface area contributed by atoms with Crippen LogP contribution in [-0.4, -0.2) is 15.5 Å². The van der Waals surface area contributed by atoms with Crippen molar-refractivity contribution in [3.05, 3.63) is 30.1 Å². The number of nitrogens with one attached hydrogen (secondary N) is 1. The summed E-state index contributed by atoms with van der Waals surface area (Å²) in [7, 11) is 1.98. The van der Waals surface area contributed by atoms with Crippen LogP contribution in [0.1, 0.15) is 32.5 Å². The Kier molecular flexibility index (Phi) is 4.20. The van der Waals surface area contributed by atoms with Gasteiger partial charge in [0.05, 0.1) is 17.6 Å². The van der Waals surface area contributed by atoms with Crippen LogP contribution in [-0.2, 0) is 18.4 Å². The topological polar surface area (TPSA) is 46.9 Å². The van der Waals surface area contributed by atoms with Crippen molar-refractivity contribution in [3.63, 3.8) is 0 Å². The molecule has 0 atom stereocenters. The summed E-state index contributed by atoms with van der Waals surface area (Å²) < 4.78 is 2.03. The highest BCUT2D eigenvalue weighted by Gasteiger charge is 2.08. The van der Waals surface area contributed by atoms with Gasteiger partial charge in [0, 0.05) is 13.5 Å². The van der Waals surface area contributed by atoms with Gasteiger partial charge in [-0.25, -0.2) is 4.98 Å². The fourth-order valence-corrected chi connectivity index (χ4v) is 2.04. The fraction of sp³-hybridized carbons (Fsp3) is 0.467. The van der Waals surface area contributed by atoms with Gasteiger partial charge in [0.2, 0.25) is 5.91 Å². The van der Waals surface area contributed by atoms with Crippen LogP contribution in [0.15, 0.2) is 24.3 Å².